The topological polar surface area (TPSA) is 77.3 Å². The number of rotatable bonds is 6. The summed E-state index contributed by atoms with van der Waals surface area (Å²) in [7, 11) is 0. The summed E-state index contributed by atoms with van der Waals surface area (Å²) < 4.78 is 0. The Bertz CT molecular complexity index is 520. The monoisotopic (exact) mass is 262 g/mol. The zero-order valence-electron chi connectivity index (χ0n) is 11.0. The van der Waals surface area contributed by atoms with Gasteiger partial charge in [0.1, 0.15) is 5.78 Å². The SMILES string of the molecule is [CH2]C(C)CC(=O)c1ccc(CC(C)=O)c([N+](=O)[O-])c1. The van der Waals surface area contributed by atoms with Gasteiger partial charge in [0, 0.05) is 30.0 Å². The molecule has 1 unspecified atom stereocenters. The van der Waals surface area contributed by atoms with Crippen LogP contribution in [0.4, 0.5) is 5.69 Å². The van der Waals surface area contributed by atoms with Crippen LogP contribution in [0.3, 0.4) is 0 Å². The number of hydrogen-bond donors (Lipinski definition) is 0. The number of nitro groups is 1. The standard InChI is InChI=1S/C14H16NO4/c1-9(2)6-14(17)12-5-4-11(7-10(3)16)13(8-12)15(18)19/h4-5,8-9H,1,6-7H2,2-3H3. The lowest BCUT2D eigenvalue weighted by Crippen LogP contribution is -2.07. The van der Waals surface area contributed by atoms with Gasteiger partial charge in [0.2, 0.25) is 0 Å². The zero-order valence-corrected chi connectivity index (χ0v) is 11.0. The van der Waals surface area contributed by atoms with Crippen LogP contribution in [0.2, 0.25) is 0 Å². The third kappa shape index (κ3) is 4.28. The molecule has 1 rings (SSSR count). The van der Waals surface area contributed by atoms with Gasteiger partial charge in [-0.05, 0) is 12.8 Å². The molecule has 0 N–H and O–H groups in total. The second kappa shape index (κ2) is 6.22. The summed E-state index contributed by atoms with van der Waals surface area (Å²) >= 11 is 0. The van der Waals surface area contributed by atoms with Gasteiger partial charge >= 0.3 is 0 Å². The van der Waals surface area contributed by atoms with E-state index >= 15 is 0 Å². The molecule has 0 fully saturated rings. The molecule has 0 aliphatic rings. The van der Waals surface area contributed by atoms with Crippen LogP contribution in [-0.2, 0) is 11.2 Å². The molecule has 0 aliphatic heterocycles. The van der Waals surface area contributed by atoms with Crippen molar-refractivity contribution in [3.63, 3.8) is 0 Å². The van der Waals surface area contributed by atoms with Gasteiger partial charge < -0.3 is 0 Å². The zero-order chi connectivity index (χ0) is 14.6. The Labute approximate surface area is 111 Å². The Balaban J connectivity index is 3.12. The lowest BCUT2D eigenvalue weighted by molar-refractivity contribution is -0.385. The molecule has 0 saturated carbocycles. The molecule has 19 heavy (non-hydrogen) atoms. The second-order valence-corrected chi connectivity index (χ2v) is 4.71. The first kappa shape index (κ1) is 15.0. The van der Waals surface area contributed by atoms with Crippen molar-refractivity contribution in [2.75, 3.05) is 0 Å². The van der Waals surface area contributed by atoms with Gasteiger partial charge in [-0.25, -0.2) is 0 Å². The van der Waals surface area contributed by atoms with Crippen LogP contribution in [0.15, 0.2) is 18.2 Å². The maximum atomic E-state index is 11.8. The lowest BCUT2D eigenvalue weighted by Gasteiger charge is -2.06. The molecule has 1 atom stereocenters. The second-order valence-electron chi connectivity index (χ2n) is 4.71. The summed E-state index contributed by atoms with van der Waals surface area (Å²) in [6.07, 6.45) is 0.236. The number of hydrogen-bond acceptors (Lipinski definition) is 4. The van der Waals surface area contributed by atoms with Crippen LogP contribution in [0.25, 0.3) is 0 Å². The Hall–Kier alpha value is -2.04. The number of benzene rings is 1. The minimum atomic E-state index is -0.567. The molecule has 0 bridgehead atoms. The van der Waals surface area contributed by atoms with E-state index in [0.717, 1.165) is 0 Å². The summed E-state index contributed by atoms with van der Waals surface area (Å²) in [4.78, 5) is 33.3. The van der Waals surface area contributed by atoms with Crippen molar-refractivity contribution in [1.29, 1.82) is 0 Å². The number of carbonyl (C=O) groups is 2. The smallest absolute Gasteiger partial charge is 0.273 e. The minimum absolute atomic E-state index is 0.00345. The highest BCUT2D eigenvalue weighted by Crippen LogP contribution is 2.22. The van der Waals surface area contributed by atoms with E-state index in [1.165, 1.54) is 25.1 Å². The number of nitrogens with zero attached hydrogens (tertiary/aromatic N) is 1. The highest BCUT2D eigenvalue weighted by molar-refractivity contribution is 5.97. The minimum Gasteiger partial charge on any atom is -0.300 e. The Morgan fingerprint density at radius 3 is 2.53 bits per heavy atom. The van der Waals surface area contributed by atoms with E-state index in [4.69, 9.17) is 0 Å². The van der Waals surface area contributed by atoms with Gasteiger partial charge in [-0.1, -0.05) is 26.0 Å². The fourth-order valence-corrected chi connectivity index (χ4v) is 1.76. The Kier molecular flexibility index (Phi) is 4.92. The van der Waals surface area contributed by atoms with Gasteiger partial charge in [-0.2, -0.15) is 0 Å². The number of nitro benzene ring substituents is 1. The van der Waals surface area contributed by atoms with Crippen molar-refractivity contribution < 1.29 is 14.5 Å². The molecule has 0 amide bonds. The molecule has 0 aromatic heterocycles. The number of Topliss-reactive ketones (excluding diaryl/α,β-unsaturated/α-hetero) is 2. The summed E-state index contributed by atoms with van der Waals surface area (Å²) in [6, 6.07) is 4.24. The van der Waals surface area contributed by atoms with E-state index in [1.54, 1.807) is 6.92 Å². The van der Waals surface area contributed by atoms with Crippen LogP contribution in [0, 0.1) is 23.0 Å². The largest absolute Gasteiger partial charge is 0.300 e. The highest BCUT2D eigenvalue weighted by atomic mass is 16.6. The quantitative estimate of drug-likeness (QED) is 0.448. The molecular formula is C14H16NO4. The number of carbonyl (C=O) groups excluding carboxylic acids is 2. The van der Waals surface area contributed by atoms with Crippen LogP contribution in [-0.4, -0.2) is 16.5 Å². The van der Waals surface area contributed by atoms with Gasteiger partial charge in [0.25, 0.3) is 5.69 Å². The van der Waals surface area contributed by atoms with E-state index in [-0.39, 0.29) is 41.6 Å². The molecule has 5 heteroatoms. The third-order valence-electron chi connectivity index (χ3n) is 2.58. The predicted octanol–water partition coefficient (Wildman–Crippen LogP) is 2.77. The first-order chi connectivity index (χ1) is 8.81. The van der Waals surface area contributed by atoms with Gasteiger partial charge in [-0.3, -0.25) is 19.7 Å². The van der Waals surface area contributed by atoms with Crippen LogP contribution < -0.4 is 0 Å². The first-order valence-electron chi connectivity index (χ1n) is 5.94. The van der Waals surface area contributed by atoms with Crippen molar-refractivity contribution >= 4 is 17.3 Å². The average Bonchev–Trinajstić information content (AvgIpc) is 2.27. The summed E-state index contributed by atoms with van der Waals surface area (Å²) in [5, 5.41) is 11.0. The van der Waals surface area contributed by atoms with E-state index in [0.29, 0.717) is 5.56 Å². The van der Waals surface area contributed by atoms with Crippen molar-refractivity contribution in [2.24, 2.45) is 5.92 Å². The third-order valence-corrected chi connectivity index (χ3v) is 2.58. The van der Waals surface area contributed by atoms with Crippen LogP contribution in [0.5, 0.6) is 0 Å². The predicted molar refractivity (Wildman–Crippen MR) is 70.9 cm³/mol. The maximum Gasteiger partial charge on any atom is 0.273 e. The molecule has 1 aromatic rings. The van der Waals surface area contributed by atoms with Crippen LogP contribution in [0.1, 0.15) is 36.2 Å². The highest BCUT2D eigenvalue weighted by Gasteiger charge is 2.18. The molecular weight excluding hydrogens is 246 g/mol. The van der Waals surface area contributed by atoms with E-state index in [2.05, 4.69) is 6.92 Å². The van der Waals surface area contributed by atoms with E-state index < -0.39 is 4.92 Å². The Morgan fingerprint density at radius 1 is 1.42 bits per heavy atom. The molecule has 1 aromatic carbocycles. The average molecular weight is 262 g/mol. The van der Waals surface area contributed by atoms with Crippen LogP contribution >= 0.6 is 0 Å². The van der Waals surface area contributed by atoms with Gasteiger partial charge in [0.05, 0.1) is 4.92 Å². The molecule has 5 nitrogen and oxygen atoms in total. The van der Waals surface area contributed by atoms with E-state index in [1.807, 2.05) is 0 Å². The fraction of sp³-hybridized carbons (Fsp3) is 0.357. The fourth-order valence-electron chi connectivity index (χ4n) is 1.76. The molecule has 101 valence electrons. The van der Waals surface area contributed by atoms with Crippen molar-refractivity contribution in [3.05, 3.63) is 46.4 Å². The molecule has 0 saturated heterocycles. The van der Waals surface area contributed by atoms with E-state index in [9.17, 15) is 19.7 Å². The summed E-state index contributed by atoms with van der Waals surface area (Å²) in [5.74, 6) is -0.392. The van der Waals surface area contributed by atoms with Crippen molar-refractivity contribution in [3.8, 4) is 0 Å². The lowest BCUT2D eigenvalue weighted by atomic mass is 9.98. The van der Waals surface area contributed by atoms with Crippen molar-refractivity contribution in [1.82, 2.24) is 0 Å². The molecule has 0 spiro atoms. The normalized spacial score (nSPS) is 10.5. The Morgan fingerprint density at radius 2 is 2.05 bits per heavy atom. The molecule has 0 heterocycles. The molecule has 1 radical (unpaired) electrons. The van der Waals surface area contributed by atoms with Gasteiger partial charge in [0.15, 0.2) is 5.78 Å². The number of ketones is 2. The van der Waals surface area contributed by atoms with Gasteiger partial charge in [-0.15, -0.1) is 0 Å². The summed E-state index contributed by atoms with van der Waals surface area (Å²) in [5.41, 5.74) is 0.434. The van der Waals surface area contributed by atoms with Crippen molar-refractivity contribution in [2.45, 2.75) is 26.7 Å². The first-order valence-corrected chi connectivity index (χ1v) is 5.94. The molecule has 0 aliphatic carbocycles. The maximum absolute atomic E-state index is 11.8. The summed E-state index contributed by atoms with van der Waals surface area (Å²) in [6.45, 7) is 6.89.